The van der Waals surface area contributed by atoms with Crippen molar-refractivity contribution in [1.29, 1.82) is 0 Å². The average molecular weight is 562 g/mol. The largest absolute Gasteiger partial charge is 0.464 e. The summed E-state index contributed by atoms with van der Waals surface area (Å²) in [6.45, 7) is 4.07. The molecule has 42 heavy (non-hydrogen) atoms. The smallest absolute Gasteiger partial charge is 0.328 e. The van der Waals surface area contributed by atoms with Crippen LogP contribution in [0.1, 0.15) is 48.1 Å². The Hall–Kier alpha value is -4.42. The van der Waals surface area contributed by atoms with Crippen LogP contribution in [-0.2, 0) is 9.53 Å². The molecule has 0 radical (unpaired) electrons. The van der Waals surface area contributed by atoms with Gasteiger partial charge in [-0.3, -0.25) is 9.69 Å². The highest BCUT2D eigenvalue weighted by Crippen LogP contribution is 2.30. The molecule has 6 nitrogen and oxygen atoms in total. The van der Waals surface area contributed by atoms with Gasteiger partial charge in [0.15, 0.2) is 0 Å². The third-order valence-electron chi connectivity index (χ3n) is 7.99. The molecule has 1 saturated heterocycles. The molecule has 1 N–H and O–H groups in total. The molecule has 1 atom stereocenters. The quantitative estimate of drug-likeness (QED) is 0.208. The maximum absolute atomic E-state index is 13.2. The van der Waals surface area contributed by atoms with Crippen LogP contribution in [0.4, 0.5) is 11.4 Å². The van der Waals surface area contributed by atoms with E-state index in [2.05, 4.69) is 34.3 Å². The number of likely N-dealkylation sites (tertiary alicyclic amines) is 1. The molecule has 6 heteroatoms. The van der Waals surface area contributed by atoms with Gasteiger partial charge in [-0.1, -0.05) is 85.8 Å². The summed E-state index contributed by atoms with van der Waals surface area (Å²) in [6, 6.07) is 35.6. The Balaban J connectivity index is 1.21. The molecule has 1 heterocycles. The second kappa shape index (κ2) is 14.0. The summed E-state index contributed by atoms with van der Waals surface area (Å²) in [7, 11) is 2.12. The van der Waals surface area contributed by atoms with Crippen LogP contribution < -0.4 is 10.2 Å². The maximum atomic E-state index is 13.2. The fraction of sp³-hybridized carbons (Fsp3) is 0.278. The molecule has 0 aliphatic carbocycles. The van der Waals surface area contributed by atoms with E-state index in [1.54, 1.807) is 0 Å². The van der Waals surface area contributed by atoms with Gasteiger partial charge < -0.3 is 15.0 Å². The molecule has 1 aliphatic heterocycles. The minimum Gasteiger partial charge on any atom is -0.464 e. The zero-order chi connectivity index (χ0) is 29.3. The van der Waals surface area contributed by atoms with Crippen LogP contribution in [-0.4, -0.2) is 49.6 Å². The number of anilines is 2. The number of benzene rings is 4. The van der Waals surface area contributed by atoms with E-state index in [0.29, 0.717) is 18.2 Å². The second-order valence-electron chi connectivity index (χ2n) is 10.8. The predicted molar refractivity (Wildman–Crippen MR) is 170 cm³/mol. The summed E-state index contributed by atoms with van der Waals surface area (Å²) < 4.78 is 5.58. The molecule has 1 aliphatic rings. The SMILES string of the molecule is CCCOC(=O)C(c1ccccc1)N1CCC(N(C)c2ccc(NC(=O)c3ccccc3-c3ccccc3)cc2)CC1. The number of rotatable bonds is 10. The maximum Gasteiger partial charge on any atom is 0.328 e. The normalized spacial score (nSPS) is 14.6. The Kier molecular flexibility index (Phi) is 9.67. The highest BCUT2D eigenvalue weighted by atomic mass is 16.5. The lowest BCUT2D eigenvalue weighted by Gasteiger charge is -2.40. The summed E-state index contributed by atoms with van der Waals surface area (Å²) in [4.78, 5) is 30.8. The lowest BCUT2D eigenvalue weighted by atomic mass is 9.98. The van der Waals surface area contributed by atoms with E-state index < -0.39 is 0 Å². The van der Waals surface area contributed by atoms with Crippen LogP contribution in [0, 0.1) is 0 Å². The van der Waals surface area contributed by atoms with Gasteiger partial charge in [0.25, 0.3) is 5.91 Å². The molecule has 216 valence electrons. The predicted octanol–water partition coefficient (Wildman–Crippen LogP) is 7.20. The van der Waals surface area contributed by atoms with Gasteiger partial charge >= 0.3 is 5.97 Å². The van der Waals surface area contributed by atoms with Crippen molar-refractivity contribution in [3.05, 3.63) is 120 Å². The highest BCUT2D eigenvalue weighted by molar-refractivity contribution is 6.08. The standard InChI is InChI=1S/C36H39N3O3/c1-3-26-42-36(41)34(28-14-8-5-9-15-28)39-24-22-31(23-25-39)38(2)30-20-18-29(19-21-30)37-35(40)33-17-11-10-16-32(33)27-12-6-4-7-13-27/h4-21,31,34H,3,22-26H2,1-2H3,(H,37,40). The fourth-order valence-corrected chi connectivity index (χ4v) is 5.68. The van der Waals surface area contributed by atoms with Crippen molar-refractivity contribution in [3.63, 3.8) is 0 Å². The number of esters is 1. The minimum atomic E-state index is -0.376. The molecular weight excluding hydrogens is 522 g/mol. The third kappa shape index (κ3) is 6.89. The van der Waals surface area contributed by atoms with E-state index in [1.807, 2.05) is 104 Å². The molecule has 0 aromatic heterocycles. The van der Waals surface area contributed by atoms with Crippen molar-refractivity contribution >= 4 is 23.3 Å². The Morgan fingerprint density at radius 3 is 2.14 bits per heavy atom. The van der Waals surface area contributed by atoms with E-state index in [0.717, 1.165) is 60.4 Å². The van der Waals surface area contributed by atoms with Gasteiger partial charge in [-0.2, -0.15) is 0 Å². The zero-order valence-corrected chi connectivity index (χ0v) is 24.4. The van der Waals surface area contributed by atoms with E-state index in [9.17, 15) is 9.59 Å². The van der Waals surface area contributed by atoms with E-state index >= 15 is 0 Å². The number of ether oxygens (including phenoxy) is 1. The molecular formula is C36H39N3O3. The molecule has 4 aromatic rings. The zero-order valence-electron chi connectivity index (χ0n) is 24.4. The Morgan fingerprint density at radius 2 is 1.48 bits per heavy atom. The van der Waals surface area contributed by atoms with Crippen LogP contribution in [0.3, 0.4) is 0 Å². The van der Waals surface area contributed by atoms with Crippen LogP contribution in [0.2, 0.25) is 0 Å². The summed E-state index contributed by atoms with van der Waals surface area (Å²) >= 11 is 0. The lowest BCUT2D eigenvalue weighted by Crippen LogP contribution is -2.46. The number of piperidine rings is 1. The van der Waals surface area contributed by atoms with Gasteiger partial charge in [0.2, 0.25) is 0 Å². The van der Waals surface area contributed by atoms with E-state index in [1.165, 1.54) is 0 Å². The topological polar surface area (TPSA) is 61.9 Å². The number of carbonyl (C=O) groups is 2. The van der Waals surface area contributed by atoms with Crippen molar-refractivity contribution in [2.75, 3.05) is 37.0 Å². The molecule has 1 amide bonds. The summed E-state index contributed by atoms with van der Waals surface area (Å²) in [5, 5.41) is 3.07. The molecule has 0 saturated carbocycles. The van der Waals surface area contributed by atoms with Crippen molar-refractivity contribution in [2.45, 2.75) is 38.3 Å². The monoisotopic (exact) mass is 561 g/mol. The lowest BCUT2D eigenvalue weighted by molar-refractivity contribution is -0.151. The molecule has 4 aromatic carbocycles. The van der Waals surface area contributed by atoms with Crippen molar-refractivity contribution in [2.24, 2.45) is 0 Å². The van der Waals surface area contributed by atoms with E-state index in [4.69, 9.17) is 4.74 Å². The van der Waals surface area contributed by atoms with Gasteiger partial charge in [-0.15, -0.1) is 0 Å². The first kappa shape index (κ1) is 29.1. The first-order valence-corrected chi connectivity index (χ1v) is 14.8. The Morgan fingerprint density at radius 1 is 0.857 bits per heavy atom. The van der Waals surface area contributed by atoms with Crippen LogP contribution >= 0.6 is 0 Å². The van der Waals surface area contributed by atoms with Crippen molar-refractivity contribution in [3.8, 4) is 11.1 Å². The molecule has 1 fully saturated rings. The average Bonchev–Trinajstić information content (AvgIpc) is 3.05. The van der Waals surface area contributed by atoms with Crippen molar-refractivity contribution < 1.29 is 14.3 Å². The number of nitrogens with one attached hydrogen (secondary N) is 1. The van der Waals surface area contributed by atoms with E-state index in [-0.39, 0.29) is 17.9 Å². The summed E-state index contributed by atoms with van der Waals surface area (Å²) in [6.07, 6.45) is 2.69. The van der Waals surface area contributed by atoms with Gasteiger partial charge in [0.1, 0.15) is 6.04 Å². The van der Waals surface area contributed by atoms with Crippen molar-refractivity contribution in [1.82, 2.24) is 4.90 Å². The first-order chi connectivity index (χ1) is 20.5. The molecule has 5 rings (SSSR count). The Labute approximate surface area is 248 Å². The number of hydrogen-bond acceptors (Lipinski definition) is 5. The Bertz CT molecular complexity index is 1450. The van der Waals surface area contributed by atoms with Gasteiger partial charge in [-0.25, -0.2) is 4.79 Å². The summed E-state index contributed by atoms with van der Waals surface area (Å²) in [5.41, 5.74) is 5.40. The number of amides is 1. The summed E-state index contributed by atoms with van der Waals surface area (Å²) in [5.74, 6) is -0.299. The van der Waals surface area contributed by atoms with Gasteiger partial charge in [-0.05, 0) is 66.3 Å². The second-order valence-corrected chi connectivity index (χ2v) is 10.8. The first-order valence-electron chi connectivity index (χ1n) is 14.8. The molecule has 1 unspecified atom stereocenters. The third-order valence-corrected chi connectivity index (χ3v) is 7.99. The van der Waals surface area contributed by atoms with Gasteiger partial charge in [0, 0.05) is 43.1 Å². The number of nitrogens with zero attached hydrogens (tertiary/aromatic N) is 2. The molecule has 0 bridgehead atoms. The highest BCUT2D eigenvalue weighted by Gasteiger charge is 2.33. The van der Waals surface area contributed by atoms with Gasteiger partial charge in [0.05, 0.1) is 6.61 Å². The van der Waals surface area contributed by atoms with Crippen LogP contribution in [0.25, 0.3) is 11.1 Å². The number of hydrogen-bond donors (Lipinski definition) is 1. The van der Waals surface area contributed by atoms with Crippen LogP contribution in [0.15, 0.2) is 109 Å². The molecule has 0 spiro atoms. The minimum absolute atomic E-state index is 0.131. The fourth-order valence-electron chi connectivity index (χ4n) is 5.68. The van der Waals surface area contributed by atoms with Crippen LogP contribution in [0.5, 0.6) is 0 Å². The number of carbonyl (C=O) groups excluding carboxylic acids is 2.